The second-order valence-corrected chi connectivity index (χ2v) is 5.43. The van der Waals surface area contributed by atoms with Crippen LogP contribution in [-0.4, -0.2) is 16.4 Å². The van der Waals surface area contributed by atoms with Crippen molar-refractivity contribution in [2.24, 2.45) is 11.3 Å². The molecule has 1 aliphatic carbocycles. The van der Waals surface area contributed by atoms with Crippen LogP contribution in [0.3, 0.4) is 0 Å². The topological polar surface area (TPSA) is 57.5 Å². The van der Waals surface area contributed by atoms with Crippen LogP contribution in [0.25, 0.3) is 6.08 Å². The fraction of sp³-hybridized carbons (Fsp3) is 0.357. The van der Waals surface area contributed by atoms with E-state index in [4.69, 9.17) is 26.6 Å². The molecule has 2 N–H and O–H groups in total. The van der Waals surface area contributed by atoms with E-state index in [-0.39, 0.29) is 0 Å². The standard InChI is InChI=1S/C13H15Cl.CH2O3/c1-13(2)9-11(13)6-3-10-4-7-12(14)8-5-10;2-1(3)4/h3-8,11H,9H2,1-2H3;(H2,2,3,4). The lowest BCUT2D eigenvalue weighted by molar-refractivity contribution is 0.137. The fourth-order valence-corrected chi connectivity index (χ4v) is 1.76. The average Bonchev–Trinajstić information content (AvgIpc) is 2.85. The molecular formula is C14H17ClO3. The molecule has 1 fully saturated rings. The second-order valence-electron chi connectivity index (χ2n) is 4.99. The lowest BCUT2D eigenvalue weighted by Crippen LogP contribution is -1.85. The minimum Gasteiger partial charge on any atom is -0.450 e. The predicted octanol–water partition coefficient (Wildman–Crippen LogP) is 4.62. The van der Waals surface area contributed by atoms with Gasteiger partial charge in [-0.15, -0.1) is 0 Å². The van der Waals surface area contributed by atoms with Gasteiger partial charge in [0.05, 0.1) is 0 Å². The monoisotopic (exact) mass is 268 g/mol. The maximum Gasteiger partial charge on any atom is 0.503 e. The molecule has 1 aromatic rings. The van der Waals surface area contributed by atoms with Crippen LogP contribution in [0, 0.1) is 11.3 Å². The van der Waals surface area contributed by atoms with Crippen LogP contribution in [0.4, 0.5) is 4.79 Å². The van der Waals surface area contributed by atoms with Gasteiger partial charge in [-0.3, -0.25) is 0 Å². The minimum absolute atomic E-state index is 0.531. The van der Waals surface area contributed by atoms with E-state index in [0.29, 0.717) is 5.41 Å². The predicted molar refractivity (Wildman–Crippen MR) is 73.0 cm³/mol. The van der Waals surface area contributed by atoms with Crippen molar-refractivity contribution in [2.75, 3.05) is 0 Å². The van der Waals surface area contributed by atoms with Crippen molar-refractivity contribution in [3.8, 4) is 0 Å². The third-order valence-electron chi connectivity index (χ3n) is 2.98. The highest BCUT2D eigenvalue weighted by Gasteiger charge is 2.43. The molecule has 1 unspecified atom stereocenters. The molecule has 0 saturated heterocycles. The molecule has 0 radical (unpaired) electrons. The Morgan fingerprint density at radius 2 is 1.78 bits per heavy atom. The van der Waals surface area contributed by atoms with Crippen LogP contribution in [0.1, 0.15) is 25.8 Å². The zero-order valence-electron chi connectivity index (χ0n) is 10.4. The molecule has 4 heteroatoms. The van der Waals surface area contributed by atoms with E-state index in [2.05, 4.69) is 26.0 Å². The van der Waals surface area contributed by atoms with Gasteiger partial charge in [-0.2, -0.15) is 0 Å². The molecule has 0 aliphatic heterocycles. The molecule has 0 amide bonds. The van der Waals surface area contributed by atoms with Crippen molar-refractivity contribution in [3.63, 3.8) is 0 Å². The molecule has 98 valence electrons. The number of benzene rings is 1. The lowest BCUT2D eigenvalue weighted by atomic mass is 10.1. The number of hydrogen-bond acceptors (Lipinski definition) is 1. The first-order valence-corrected chi connectivity index (χ1v) is 6.05. The summed E-state index contributed by atoms with van der Waals surface area (Å²) in [5, 5.41) is 14.7. The smallest absolute Gasteiger partial charge is 0.450 e. The molecule has 1 atom stereocenters. The Bertz CT molecular complexity index is 431. The van der Waals surface area contributed by atoms with Crippen molar-refractivity contribution >= 4 is 23.8 Å². The maximum absolute atomic E-state index is 8.56. The van der Waals surface area contributed by atoms with Crippen LogP contribution >= 0.6 is 11.6 Å². The van der Waals surface area contributed by atoms with Crippen molar-refractivity contribution < 1.29 is 15.0 Å². The molecule has 0 bridgehead atoms. The third-order valence-corrected chi connectivity index (χ3v) is 3.23. The Morgan fingerprint density at radius 1 is 1.33 bits per heavy atom. The quantitative estimate of drug-likeness (QED) is 0.823. The van der Waals surface area contributed by atoms with E-state index in [1.54, 1.807) is 0 Å². The summed E-state index contributed by atoms with van der Waals surface area (Å²) in [4.78, 5) is 8.56. The van der Waals surface area contributed by atoms with Gasteiger partial charge in [0, 0.05) is 5.02 Å². The Morgan fingerprint density at radius 3 is 2.17 bits per heavy atom. The van der Waals surface area contributed by atoms with E-state index in [1.807, 2.05) is 24.3 Å². The maximum atomic E-state index is 8.56. The van der Waals surface area contributed by atoms with Gasteiger partial charge in [-0.25, -0.2) is 4.79 Å². The third kappa shape index (κ3) is 5.23. The van der Waals surface area contributed by atoms with Crippen molar-refractivity contribution in [1.82, 2.24) is 0 Å². The second kappa shape index (κ2) is 5.91. The van der Waals surface area contributed by atoms with Crippen molar-refractivity contribution in [2.45, 2.75) is 20.3 Å². The van der Waals surface area contributed by atoms with Crippen LogP contribution in [0.15, 0.2) is 30.3 Å². The van der Waals surface area contributed by atoms with Crippen LogP contribution in [-0.2, 0) is 0 Å². The summed E-state index contributed by atoms with van der Waals surface area (Å²) in [5.41, 5.74) is 1.76. The fourth-order valence-electron chi connectivity index (χ4n) is 1.64. The molecule has 18 heavy (non-hydrogen) atoms. The number of rotatable bonds is 2. The van der Waals surface area contributed by atoms with Gasteiger partial charge in [0.1, 0.15) is 0 Å². The van der Waals surface area contributed by atoms with Crippen LogP contribution < -0.4 is 0 Å². The molecule has 2 rings (SSSR count). The number of hydrogen-bond donors (Lipinski definition) is 2. The van der Waals surface area contributed by atoms with E-state index in [0.717, 1.165) is 10.9 Å². The SMILES string of the molecule is CC1(C)CC1C=Cc1ccc(Cl)cc1.O=C(O)O. The zero-order valence-corrected chi connectivity index (χ0v) is 11.2. The molecule has 1 aromatic carbocycles. The summed E-state index contributed by atoms with van der Waals surface area (Å²) < 4.78 is 0. The summed E-state index contributed by atoms with van der Waals surface area (Å²) in [5.74, 6) is 0.762. The van der Waals surface area contributed by atoms with Gasteiger partial charge < -0.3 is 10.2 Å². The van der Waals surface area contributed by atoms with Crippen LogP contribution in [0.5, 0.6) is 0 Å². The Labute approximate surface area is 112 Å². The molecule has 0 aromatic heterocycles. The highest BCUT2D eigenvalue weighted by Crippen LogP contribution is 2.52. The van der Waals surface area contributed by atoms with Gasteiger partial charge in [0.15, 0.2) is 0 Å². The summed E-state index contributed by atoms with van der Waals surface area (Å²) in [7, 11) is 0. The summed E-state index contributed by atoms with van der Waals surface area (Å²) in [6.07, 6.45) is 3.98. The normalized spacial score (nSPS) is 20.1. The summed E-state index contributed by atoms with van der Waals surface area (Å²) >= 11 is 5.81. The Hall–Kier alpha value is -1.48. The lowest BCUT2D eigenvalue weighted by Gasteiger charge is -1.97. The van der Waals surface area contributed by atoms with Gasteiger partial charge in [0.2, 0.25) is 0 Å². The molecule has 1 saturated carbocycles. The van der Waals surface area contributed by atoms with Crippen LogP contribution in [0.2, 0.25) is 5.02 Å². The molecule has 0 spiro atoms. The van der Waals surface area contributed by atoms with Gasteiger partial charge in [0.25, 0.3) is 0 Å². The first-order valence-electron chi connectivity index (χ1n) is 5.67. The average molecular weight is 269 g/mol. The molecular weight excluding hydrogens is 252 g/mol. The zero-order chi connectivity index (χ0) is 13.8. The minimum atomic E-state index is -1.83. The summed E-state index contributed by atoms with van der Waals surface area (Å²) in [6.45, 7) is 4.62. The highest BCUT2D eigenvalue weighted by molar-refractivity contribution is 6.30. The number of halogens is 1. The van der Waals surface area contributed by atoms with Crippen molar-refractivity contribution in [1.29, 1.82) is 0 Å². The van der Waals surface area contributed by atoms with E-state index in [9.17, 15) is 0 Å². The Kier molecular flexibility index (Phi) is 4.79. The van der Waals surface area contributed by atoms with Gasteiger partial charge in [-0.05, 0) is 35.4 Å². The van der Waals surface area contributed by atoms with Gasteiger partial charge in [-0.1, -0.05) is 49.7 Å². The molecule has 1 aliphatic rings. The van der Waals surface area contributed by atoms with E-state index in [1.165, 1.54) is 12.0 Å². The number of carboxylic acid groups (broad SMARTS) is 2. The van der Waals surface area contributed by atoms with Crippen molar-refractivity contribution in [3.05, 3.63) is 40.9 Å². The largest absolute Gasteiger partial charge is 0.503 e. The number of carbonyl (C=O) groups is 1. The van der Waals surface area contributed by atoms with Gasteiger partial charge >= 0.3 is 6.16 Å². The summed E-state index contributed by atoms with van der Waals surface area (Å²) in [6, 6.07) is 7.96. The highest BCUT2D eigenvalue weighted by atomic mass is 35.5. The molecule has 3 nitrogen and oxygen atoms in total. The van der Waals surface area contributed by atoms with E-state index >= 15 is 0 Å². The van der Waals surface area contributed by atoms with E-state index < -0.39 is 6.16 Å². The first-order chi connectivity index (χ1) is 8.31. The number of allylic oxidation sites excluding steroid dienone is 1. The first kappa shape index (κ1) is 14.6. The Balaban J connectivity index is 0.000000357. The molecule has 0 heterocycles.